The van der Waals surface area contributed by atoms with E-state index >= 15 is 0 Å². The van der Waals surface area contributed by atoms with Crippen LogP contribution in [0.3, 0.4) is 0 Å². The number of hydrogen-bond donors (Lipinski definition) is 1. The Labute approximate surface area is 136 Å². The van der Waals surface area contributed by atoms with E-state index < -0.39 is 4.92 Å². The van der Waals surface area contributed by atoms with E-state index in [1.165, 1.54) is 18.2 Å². The van der Waals surface area contributed by atoms with Gasteiger partial charge in [0.25, 0.3) is 11.6 Å². The Morgan fingerprint density at radius 1 is 1.39 bits per heavy atom. The number of fused-ring (bicyclic) bond motifs is 1. The summed E-state index contributed by atoms with van der Waals surface area (Å²) in [6.07, 6.45) is 0. The van der Waals surface area contributed by atoms with Crippen LogP contribution in [0, 0.1) is 10.1 Å². The molecule has 23 heavy (non-hydrogen) atoms. The van der Waals surface area contributed by atoms with Gasteiger partial charge in [0, 0.05) is 31.2 Å². The predicted molar refractivity (Wildman–Crippen MR) is 82.4 cm³/mol. The van der Waals surface area contributed by atoms with Crippen molar-refractivity contribution in [2.24, 2.45) is 0 Å². The van der Waals surface area contributed by atoms with Crippen molar-refractivity contribution in [3.63, 3.8) is 0 Å². The van der Waals surface area contributed by atoms with Gasteiger partial charge >= 0.3 is 0 Å². The van der Waals surface area contributed by atoms with E-state index in [1.807, 2.05) is 0 Å². The Bertz CT molecular complexity index is 790. The molecular weight excluding hydrogens is 324 g/mol. The van der Waals surface area contributed by atoms with Crippen LogP contribution in [-0.2, 0) is 13.1 Å². The van der Waals surface area contributed by atoms with Crippen LogP contribution in [0.1, 0.15) is 16.4 Å². The topological polar surface area (TPSA) is 106 Å². The summed E-state index contributed by atoms with van der Waals surface area (Å²) >= 11 is 5.89. The number of anilines is 1. The third kappa shape index (κ3) is 2.82. The first-order valence-corrected chi connectivity index (χ1v) is 7.20. The van der Waals surface area contributed by atoms with Gasteiger partial charge in [-0.15, -0.1) is 10.2 Å². The molecule has 0 saturated heterocycles. The first kappa shape index (κ1) is 15.2. The number of likely N-dealkylation sites (N-methyl/N-ethyl adjacent to an activating group) is 1. The predicted octanol–water partition coefficient (Wildman–Crippen LogP) is 1.54. The lowest BCUT2D eigenvalue weighted by Gasteiger charge is -2.23. The zero-order chi connectivity index (χ0) is 16.6. The molecule has 3 rings (SSSR count). The molecular formula is C13H13ClN6O3. The molecule has 0 atom stereocenters. The summed E-state index contributed by atoms with van der Waals surface area (Å²) in [6, 6.07) is 4.27. The number of carbonyl (C=O) groups is 1. The molecule has 120 valence electrons. The normalized spacial score (nSPS) is 13.8. The fourth-order valence-electron chi connectivity index (χ4n) is 2.36. The number of nitrogens with zero attached hydrogens (tertiary/aromatic N) is 5. The number of amides is 1. The summed E-state index contributed by atoms with van der Waals surface area (Å²) in [5.74, 6) is 0.621. The van der Waals surface area contributed by atoms with Gasteiger partial charge in [-0.05, 0) is 12.1 Å². The van der Waals surface area contributed by atoms with Crippen LogP contribution in [0.2, 0.25) is 5.02 Å². The molecule has 0 spiro atoms. The number of halogens is 1. The van der Waals surface area contributed by atoms with Crippen molar-refractivity contribution < 1.29 is 9.72 Å². The van der Waals surface area contributed by atoms with Gasteiger partial charge in [0.2, 0.25) is 5.82 Å². The molecule has 0 unspecified atom stereocenters. The first-order chi connectivity index (χ1) is 11.0. The van der Waals surface area contributed by atoms with Crippen molar-refractivity contribution >= 4 is 28.9 Å². The minimum Gasteiger partial charge on any atom is -0.372 e. The molecule has 1 aromatic carbocycles. The van der Waals surface area contributed by atoms with Crippen molar-refractivity contribution in [1.29, 1.82) is 0 Å². The Morgan fingerprint density at radius 3 is 2.91 bits per heavy atom. The summed E-state index contributed by atoms with van der Waals surface area (Å²) < 4.78 is 1.71. The number of aromatic nitrogens is 3. The minimum atomic E-state index is -0.490. The van der Waals surface area contributed by atoms with Crippen LogP contribution in [0.25, 0.3) is 0 Å². The molecule has 1 amide bonds. The summed E-state index contributed by atoms with van der Waals surface area (Å²) in [5.41, 5.74) is 0.211. The third-order valence-electron chi connectivity index (χ3n) is 3.62. The maximum absolute atomic E-state index is 12.0. The van der Waals surface area contributed by atoms with Gasteiger partial charge in [0.1, 0.15) is 5.69 Å². The van der Waals surface area contributed by atoms with E-state index in [0.29, 0.717) is 29.6 Å². The number of nitro groups is 1. The number of hydrogen-bond acceptors (Lipinski definition) is 6. The fourth-order valence-corrected chi connectivity index (χ4v) is 2.54. The molecule has 0 fully saturated rings. The molecule has 9 nitrogen and oxygen atoms in total. The number of nitro benzene ring substituents is 1. The molecule has 10 heteroatoms. The second-order valence-electron chi connectivity index (χ2n) is 5.09. The van der Waals surface area contributed by atoms with E-state index in [0.717, 1.165) is 0 Å². The third-order valence-corrected chi connectivity index (χ3v) is 3.85. The van der Waals surface area contributed by atoms with Gasteiger partial charge in [0.05, 0.1) is 11.5 Å². The number of rotatable bonds is 4. The molecule has 1 aliphatic heterocycles. The van der Waals surface area contributed by atoms with Crippen molar-refractivity contribution in [1.82, 2.24) is 19.7 Å². The van der Waals surface area contributed by atoms with E-state index in [2.05, 4.69) is 15.5 Å². The standard InChI is InChI=1S/C13H13ClN6O3/c1-18-4-5-19-11(16-17-12(19)13(18)21)7-15-9-6-8(14)2-3-10(9)20(22)23/h2-3,6,15H,4-5,7H2,1H3. The molecule has 0 aliphatic carbocycles. The monoisotopic (exact) mass is 336 g/mol. The highest BCUT2D eigenvalue weighted by Gasteiger charge is 2.26. The quantitative estimate of drug-likeness (QED) is 0.670. The second kappa shape index (κ2) is 5.84. The largest absolute Gasteiger partial charge is 0.372 e. The van der Waals surface area contributed by atoms with E-state index in [1.54, 1.807) is 16.5 Å². The van der Waals surface area contributed by atoms with Gasteiger partial charge in [-0.1, -0.05) is 11.6 Å². The lowest BCUT2D eigenvalue weighted by atomic mass is 10.2. The fraction of sp³-hybridized carbons (Fsp3) is 0.308. The molecule has 0 saturated carbocycles. The highest BCUT2D eigenvalue weighted by atomic mass is 35.5. The van der Waals surface area contributed by atoms with Crippen molar-refractivity contribution in [3.05, 3.63) is 45.0 Å². The summed E-state index contributed by atoms with van der Waals surface area (Å²) in [4.78, 5) is 24.1. The van der Waals surface area contributed by atoms with Crippen LogP contribution in [0.15, 0.2) is 18.2 Å². The highest BCUT2D eigenvalue weighted by Crippen LogP contribution is 2.28. The van der Waals surface area contributed by atoms with E-state index in [9.17, 15) is 14.9 Å². The molecule has 2 aromatic rings. The van der Waals surface area contributed by atoms with Gasteiger partial charge in [-0.2, -0.15) is 0 Å². The van der Waals surface area contributed by atoms with Crippen LogP contribution in [0.4, 0.5) is 11.4 Å². The smallest absolute Gasteiger partial charge is 0.292 e. The number of carbonyl (C=O) groups excluding carboxylic acids is 1. The zero-order valence-corrected chi connectivity index (χ0v) is 12.9. The lowest BCUT2D eigenvalue weighted by Crippen LogP contribution is -2.38. The summed E-state index contributed by atoms with van der Waals surface area (Å²) in [5, 5.41) is 22.3. The molecule has 1 aliphatic rings. The van der Waals surface area contributed by atoms with Crippen molar-refractivity contribution in [2.75, 3.05) is 18.9 Å². The number of nitrogens with one attached hydrogen (secondary N) is 1. The Hall–Kier alpha value is -2.68. The molecule has 1 aromatic heterocycles. The maximum atomic E-state index is 12.0. The average Bonchev–Trinajstić information content (AvgIpc) is 2.92. The van der Waals surface area contributed by atoms with E-state index in [4.69, 9.17) is 11.6 Å². The minimum absolute atomic E-state index is 0.0800. The highest BCUT2D eigenvalue weighted by molar-refractivity contribution is 6.31. The van der Waals surface area contributed by atoms with Gasteiger partial charge in [-0.3, -0.25) is 14.9 Å². The van der Waals surface area contributed by atoms with Gasteiger partial charge in [0.15, 0.2) is 5.82 Å². The number of benzene rings is 1. The van der Waals surface area contributed by atoms with Crippen LogP contribution >= 0.6 is 11.6 Å². The van der Waals surface area contributed by atoms with Gasteiger partial charge < -0.3 is 14.8 Å². The van der Waals surface area contributed by atoms with Gasteiger partial charge in [-0.25, -0.2) is 0 Å². The summed E-state index contributed by atoms with van der Waals surface area (Å²) in [7, 11) is 1.70. The Balaban J connectivity index is 1.83. The first-order valence-electron chi connectivity index (χ1n) is 6.82. The van der Waals surface area contributed by atoms with Crippen LogP contribution < -0.4 is 5.32 Å². The Morgan fingerprint density at radius 2 is 2.17 bits per heavy atom. The molecule has 1 N–H and O–H groups in total. The maximum Gasteiger partial charge on any atom is 0.292 e. The lowest BCUT2D eigenvalue weighted by molar-refractivity contribution is -0.384. The SMILES string of the molecule is CN1CCn2c(CNc3cc(Cl)ccc3[N+](=O)[O-])nnc2C1=O. The van der Waals surface area contributed by atoms with Crippen LogP contribution in [-0.4, -0.2) is 44.1 Å². The zero-order valence-electron chi connectivity index (χ0n) is 12.2. The second-order valence-corrected chi connectivity index (χ2v) is 5.53. The summed E-state index contributed by atoms with van der Waals surface area (Å²) in [6.45, 7) is 1.35. The van der Waals surface area contributed by atoms with Crippen molar-refractivity contribution in [2.45, 2.75) is 13.1 Å². The molecule has 0 bridgehead atoms. The van der Waals surface area contributed by atoms with E-state index in [-0.39, 0.29) is 24.0 Å². The Kier molecular flexibility index (Phi) is 3.87. The average molecular weight is 337 g/mol. The van der Waals surface area contributed by atoms with Crippen LogP contribution in [0.5, 0.6) is 0 Å². The molecule has 2 heterocycles. The van der Waals surface area contributed by atoms with Crippen molar-refractivity contribution in [3.8, 4) is 0 Å². The molecule has 0 radical (unpaired) electrons.